The minimum Gasteiger partial charge on any atom is -0.496 e. The molecule has 4 heteroatoms. The first-order chi connectivity index (χ1) is 9.63. The summed E-state index contributed by atoms with van der Waals surface area (Å²) in [5.41, 5.74) is 2.35. The largest absolute Gasteiger partial charge is 0.496 e. The van der Waals surface area contributed by atoms with E-state index < -0.39 is 0 Å². The Balaban J connectivity index is 2.09. The molecule has 0 amide bonds. The molecule has 0 aliphatic carbocycles. The zero-order chi connectivity index (χ0) is 14.5. The number of aromatic nitrogens is 1. The zero-order valence-corrected chi connectivity index (χ0v) is 13.7. The maximum Gasteiger partial charge on any atom is 0.122 e. The molecule has 1 unspecified atom stereocenters. The molecule has 0 bridgehead atoms. The summed E-state index contributed by atoms with van der Waals surface area (Å²) < 4.78 is 5.41. The van der Waals surface area contributed by atoms with Crippen molar-refractivity contribution in [2.75, 3.05) is 13.0 Å². The standard InChI is InChI=1S/C16H20ClNOS/c1-11-12(2)20-16(18-11)9-13(10-17)8-14-6-4-5-7-15(14)19-3/h4-7,13H,8-10H2,1-3H3. The van der Waals surface area contributed by atoms with Gasteiger partial charge in [-0.2, -0.15) is 0 Å². The van der Waals surface area contributed by atoms with Crippen molar-refractivity contribution in [2.45, 2.75) is 26.7 Å². The number of hydrogen-bond donors (Lipinski definition) is 0. The third-order valence-corrected chi connectivity index (χ3v) is 4.99. The van der Waals surface area contributed by atoms with Crippen LogP contribution in [0.2, 0.25) is 0 Å². The van der Waals surface area contributed by atoms with Gasteiger partial charge in [-0.15, -0.1) is 22.9 Å². The predicted molar refractivity (Wildman–Crippen MR) is 86.2 cm³/mol. The summed E-state index contributed by atoms with van der Waals surface area (Å²) in [5, 5.41) is 1.18. The van der Waals surface area contributed by atoms with Crippen molar-refractivity contribution in [2.24, 2.45) is 5.92 Å². The van der Waals surface area contributed by atoms with E-state index in [1.165, 1.54) is 15.4 Å². The molecule has 0 radical (unpaired) electrons. The lowest BCUT2D eigenvalue weighted by atomic mass is 9.97. The maximum atomic E-state index is 6.15. The van der Waals surface area contributed by atoms with Crippen molar-refractivity contribution in [1.82, 2.24) is 4.98 Å². The Morgan fingerprint density at radius 2 is 2.00 bits per heavy atom. The molecule has 0 aliphatic rings. The fraction of sp³-hybridized carbons (Fsp3) is 0.438. The normalized spacial score (nSPS) is 12.4. The van der Waals surface area contributed by atoms with Crippen LogP contribution in [0.4, 0.5) is 0 Å². The summed E-state index contributed by atoms with van der Waals surface area (Å²) in [5.74, 6) is 1.96. The second kappa shape index (κ2) is 7.09. The van der Waals surface area contributed by atoms with Gasteiger partial charge in [0.2, 0.25) is 0 Å². The molecule has 0 saturated carbocycles. The number of hydrogen-bond acceptors (Lipinski definition) is 3. The van der Waals surface area contributed by atoms with E-state index >= 15 is 0 Å². The first kappa shape index (κ1) is 15.3. The van der Waals surface area contributed by atoms with E-state index in [1.54, 1.807) is 18.4 Å². The van der Waals surface area contributed by atoms with Crippen molar-refractivity contribution in [3.8, 4) is 5.75 Å². The lowest BCUT2D eigenvalue weighted by Crippen LogP contribution is -2.11. The Hall–Kier alpha value is -1.06. The van der Waals surface area contributed by atoms with Gasteiger partial charge < -0.3 is 4.74 Å². The van der Waals surface area contributed by atoms with Crippen molar-refractivity contribution in [3.05, 3.63) is 45.4 Å². The van der Waals surface area contributed by atoms with Gasteiger partial charge in [0.05, 0.1) is 17.8 Å². The highest BCUT2D eigenvalue weighted by Crippen LogP contribution is 2.25. The first-order valence-electron chi connectivity index (χ1n) is 6.74. The van der Waals surface area contributed by atoms with Crippen molar-refractivity contribution in [3.63, 3.8) is 0 Å². The van der Waals surface area contributed by atoms with Crippen molar-refractivity contribution >= 4 is 22.9 Å². The number of methoxy groups -OCH3 is 1. The average molecular weight is 310 g/mol. The second-order valence-corrected chi connectivity index (χ2v) is 6.59. The molecule has 1 aromatic carbocycles. The molecule has 1 atom stereocenters. The van der Waals surface area contributed by atoms with Gasteiger partial charge in [0.25, 0.3) is 0 Å². The summed E-state index contributed by atoms with van der Waals surface area (Å²) in [6.45, 7) is 4.18. The Kier molecular flexibility index (Phi) is 5.44. The summed E-state index contributed by atoms with van der Waals surface area (Å²) in [6, 6.07) is 8.14. The molecule has 0 fully saturated rings. The topological polar surface area (TPSA) is 22.1 Å². The Morgan fingerprint density at radius 1 is 1.25 bits per heavy atom. The molecule has 108 valence electrons. The van der Waals surface area contributed by atoms with E-state index in [0.717, 1.165) is 24.3 Å². The molecule has 20 heavy (non-hydrogen) atoms. The molecule has 1 aromatic heterocycles. The van der Waals surface area contributed by atoms with Gasteiger partial charge in [-0.25, -0.2) is 4.98 Å². The minimum absolute atomic E-state index is 0.387. The monoisotopic (exact) mass is 309 g/mol. The highest BCUT2D eigenvalue weighted by atomic mass is 35.5. The van der Waals surface area contributed by atoms with Gasteiger partial charge in [0.15, 0.2) is 0 Å². The predicted octanol–water partition coefficient (Wildman–Crippen LogP) is 4.41. The number of nitrogens with zero attached hydrogens (tertiary/aromatic N) is 1. The Labute approximate surface area is 129 Å². The number of ether oxygens (including phenoxy) is 1. The molecule has 2 aromatic rings. The van der Waals surface area contributed by atoms with E-state index in [2.05, 4.69) is 24.9 Å². The Morgan fingerprint density at radius 3 is 2.60 bits per heavy atom. The number of para-hydroxylation sites is 1. The number of alkyl halides is 1. The molecular weight excluding hydrogens is 290 g/mol. The van der Waals surface area contributed by atoms with Crippen LogP contribution < -0.4 is 4.74 Å². The molecular formula is C16H20ClNOS. The second-order valence-electron chi connectivity index (χ2n) is 4.99. The van der Waals surface area contributed by atoms with E-state index in [-0.39, 0.29) is 0 Å². The van der Waals surface area contributed by atoms with Crippen LogP contribution in [-0.4, -0.2) is 18.0 Å². The molecule has 2 nitrogen and oxygen atoms in total. The molecule has 0 aliphatic heterocycles. The van der Waals surface area contributed by atoms with Crippen LogP contribution in [0.25, 0.3) is 0 Å². The van der Waals surface area contributed by atoms with Gasteiger partial charge in [-0.05, 0) is 37.8 Å². The summed E-state index contributed by atoms with van der Waals surface area (Å²) in [4.78, 5) is 5.91. The quantitative estimate of drug-likeness (QED) is 0.737. The number of thiazole rings is 1. The number of halogens is 1. The van der Waals surface area contributed by atoms with Crippen LogP contribution in [0.3, 0.4) is 0 Å². The Bertz CT molecular complexity index is 548. The van der Waals surface area contributed by atoms with E-state index in [0.29, 0.717) is 11.8 Å². The number of benzene rings is 1. The van der Waals surface area contributed by atoms with Crippen LogP contribution in [0.5, 0.6) is 5.75 Å². The van der Waals surface area contributed by atoms with Crippen molar-refractivity contribution < 1.29 is 4.74 Å². The van der Waals surface area contributed by atoms with Crippen LogP contribution in [0.15, 0.2) is 24.3 Å². The average Bonchev–Trinajstić information content (AvgIpc) is 2.77. The zero-order valence-electron chi connectivity index (χ0n) is 12.1. The minimum atomic E-state index is 0.387. The summed E-state index contributed by atoms with van der Waals surface area (Å²) in [6.07, 6.45) is 1.85. The third-order valence-electron chi connectivity index (χ3n) is 3.46. The lowest BCUT2D eigenvalue weighted by molar-refractivity contribution is 0.405. The van der Waals surface area contributed by atoms with Crippen LogP contribution in [0, 0.1) is 19.8 Å². The highest BCUT2D eigenvalue weighted by Gasteiger charge is 2.15. The van der Waals surface area contributed by atoms with Crippen molar-refractivity contribution in [1.29, 1.82) is 0 Å². The van der Waals surface area contributed by atoms with E-state index in [1.807, 2.05) is 18.2 Å². The lowest BCUT2D eigenvalue weighted by Gasteiger charge is -2.14. The van der Waals surface area contributed by atoms with Gasteiger partial charge in [-0.1, -0.05) is 18.2 Å². The molecule has 0 spiro atoms. The van der Waals surface area contributed by atoms with Crippen LogP contribution >= 0.6 is 22.9 Å². The SMILES string of the molecule is COc1ccccc1CC(CCl)Cc1nc(C)c(C)s1. The van der Waals surface area contributed by atoms with E-state index in [9.17, 15) is 0 Å². The number of aryl methyl sites for hydroxylation is 2. The molecule has 2 rings (SSSR count). The van der Waals surface area contributed by atoms with Gasteiger partial charge >= 0.3 is 0 Å². The van der Waals surface area contributed by atoms with Crippen LogP contribution in [0.1, 0.15) is 21.1 Å². The molecule has 1 heterocycles. The van der Waals surface area contributed by atoms with Gasteiger partial charge in [-0.3, -0.25) is 0 Å². The van der Waals surface area contributed by atoms with E-state index in [4.69, 9.17) is 16.3 Å². The molecule has 0 N–H and O–H groups in total. The molecule has 0 saturated heterocycles. The first-order valence-corrected chi connectivity index (χ1v) is 8.10. The fourth-order valence-corrected chi connectivity index (χ4v) is 3.50. The van der Waals surface area contributed by atoms with Gasteiger partial charge in [0, 0.05) is 17.2 Å². The fourth-order valence-electron chi connectivity index (χ4n) is 2.24. The summed E-state index contributed by atoms with van der Waals surface area (Å²) in [7, 11) is 1.71. The van der Waals surface area contributed by atoms with Crippen LogP contribution in [-0.2, 0) is 12.8 Å². The smallest absolute Gasteiger partial charge is 0.122 e. The number of rotatable bonds is 6. The van der Waals surface area contributed by atoms with Gasteiger partial charge in [0.1, 0.15) is 5.75 Å². The maximum absolute atomic E-state index is 6.15. The summed E-state index contributed by atoms with van der Waals surface area (Å²) >= 11 is 7.92. The highest BCUT2D eigenvalue weighted by molar-refractivity contribution is 7.11. The third kappa shape index (κ3) is 3.74.